The van der Waals surface area contributed by atoms with Crippen molar-refractivity contribution in [3.8, 4) is 5.75 Å². The number of benzene rings is 1. The molecule has 1 rings (SSSR count). The molecule has 1 aromatic carbocycles. The van der Waals surface area contributed by atoms with Crippen LogP contribution >= 0.6 is 11.8 Å². The van der Waals surface area contributed by atoms with Gasteiger partial charge in [-0.2, -0.15) is 11.8 Å². The molecule has 18 heavy (non-hydrogen) atoms. The zero-order valence-corrected chi connectivity index (χ0v) is 11.3. The van der Waals surface area contributed by atoms with Crippen LogP contribution in [0.5, 0.6) is 5.75 Å². The number of hydrogen-bond acceptors (Lipinski definition) is 3. The van der Waals surface area contributed by atoms with Gasteiger partial charge in [0.15, 0.2) is 0 Å². The number of hydrogen-bond donors (Lipinski definition) is 1. The molecule has 0 aliphatic heterocycles. The van der Waals surface area contributed by atoms with E-state index >= 15 is 0 Å². The minimum atomic E-state index is -0.946. The lowest BCUT2D eigenvalue weighted by Crippen LogP contribution is -1.98. The number of carboxylic acid groups (broad SMARTS) is 1. The number of aliphatic carboxylic acids is 1. The quantitative estimate of drug-likeness (QED) is 0.579. The average molecular weight is 266 g/mol. The minimum Gasteiger partial charge on any atom is -0.494 e. The van der Waals surface area contributed by atoms with Crippen LogP contribution in [0.1, 0.15) is 18.9 Å². The van der Waals surface area contributed by atoms with Gasteiger partial charge in [-0.1, -0.05) is 19.1 Å². The standard InChI is InChI=1S/C14H18O3S/c1-2-18-10-4-9-17-13-6-3-5-12(11-13)7-8-14(15)16/h3,5-8,11H,2,4,9-10H2,1H3,(H,15,16)/b8-7+. The zero-order chi connectivity index (χ0) is 13.2. The highest BCUT2D eigenvalue weighted by Crippen LogP contribution is 2.15. The van der Waals surface area contributed by atoms with Crippen molar-refractivity contribution in [3.05, 3.63) is 35.9 Å². The fourth-order valence-corrected chi connectivity index (χ4v) is 1.98. The zero-order valence-electron chi connectivity index (χ0n) is 10.5. The van der Waals surface area contributed by atoms with E-state index in [1.54, 1.807) is 6.08 Å². The topological polar surface area (TPSA) is 46.5 Å². The van der Waals surface area contributed by atoms with E-state index in [0.29, 0.717) is 6.61 Å². The van der Waals surface area contributed by atoms with E-state index in [1.165, 1.54) is 0 Å². The molecule has 0 saturated heterocycles. The predicted molar refractivity (Wildman–Crippen MR) is 76.2 cm³/mol. The maximum Gasteiger partial charge on any atom is 0.328 e. The molecule has 0 amide bonds. The molecule has 0 radical (unpaired) electrons. The Kier molecular flexibility index (Phi) is 7.03. The number of ether oxygens (including phenoxy) is 1. The van der Waals surface area contributed by atoms with E-state index in [4.69, 9.17) is 9.84 Å². The fraction of sp³-hybridized carbons (Fsp3) is 0.357. The van der Waals surface area contributed by atoms with Crippen molar-refractivity contribution in [3.63, 3.8) is 0 Å². The Balaban J connectivity index is 2.42. The smallest absolute Gasteiger partial charge is 0.328 e. The molecule has 0 saturated carbocycles. The summed E-state index contributed by atoms with van der Waals surface area (Å²) in [6, 6.07) is 7.42. The molecule has 0 atom stereocenters. The first-order valence-corrected chi connectivity index (χ1v) is 7.09. The Hall–Kier alpha value is -1.42. The second-order valence-electron chi connectivity index (χ2n) is 3.64. The molecule has 0 heterocycles. The van der Waals surface area contributed by atoms with Crippen molar-refractivity contribution in [2.45, 2.75) is 13.3 Å². The Morgan fingerprint density at radius 3 is 3.06 bits per heavy atom. The number of carboxylic acids is 1. The third-order valence-electron chi connectivity index (χ3n) is 2.18. The van der Waals surface area contributed by atoms with Crippen LogP contribution in [0.3, 0.4) is 0 Å². The predicted octanol–water partition coefficient (Wildman–Crippen LogP) is 3.31. The van der Waals surface area contributed by atoms with Crippen LogP contribution in [0.2, 0.25) is 0 Å². The monoisotopic (exact) mass is 266 g/mol. The van der Waals surface area contributed by atoms with Crippen LogP contribution in [0, 0.1) is 0 Å². The highest BCUT2D eigenvalue weighted by atomic mass is 32.2. The number of thioether (sulfide) groups is 1. The maximum atomic E-state index is 10.4. The van der Waals surface area contributed by atoms with E-state index in [2.05, 4.69) is 6.92 Å². The highest BCUT2D eigenvalue weighted by molar-refractivity contribution is 7.99. The first-order valence-electron chi connectivity index (χ1n) is 5.94. The highest BCUT2D eigenvalue weighted by Gasteiger charge is 1.96. The van der Waals surface area contributed by atoms with Crippen molar-refractivity contribution in [1.29, 1.82) is 0 Å². The van der Waals surface area contributed by atoms with Gasteiger partial charge in [0.2, 0.25) is 0 Å². The molecule has 0 fully saturated rings. The first-order chi connectivity index (χ1) is 8.72. The van der Waals surface area contributed by atoms with Crippen molar-refractivity contribution < 1.29 is 14.6 Å². The van der Waals surface area contributed by atoms with Gasteiger partial charge in [0.05, 0.1) is 6.61 Å². The van der Waals surface area contributed by atoms with Crippen molar-refractivity contribution >= 4 is 23.8 Å². The second kappa shape index (κ2) is 8.64. The van der Waals surface area contributed by atoms with E-state index in [9.17, 15) is 4.79 Å². The third kappa shape index (κ3) is 6.35. The largest absolute Gasteiger partial charge is 0.494 e. The van der Waals surface area contributed by atoms with Gasteiger partial charge in [0, 0.05) is 6.08 Å². The summed E-state index contributed by atoms with van der Waals surface area (Å²) in [7, 11) is 0. The van der Waals surface area contributed by atoms with Crippen LogP contribution in [0.4, 0.5) is 0 Å². The molecule has 0 aromatic heterocycles. The lowest BCUT2D eigenvalue weighted by molar-refractivity contribution is -0.131. The normalized spacial score (nSPS) is 10.7. The summed E-state index contributed by atoms with van der Waals surface area (Å²) >= 11 is 1.90. The SMILES string of the molecule is CCSCCCOc1cccc(/C=C/C(=O)O)c1. The molecule has 1 aromatic rings. The van der Waals surface area contributed by atoms with E-state index in [0.717, 1.165) is 35.3 Å². The van der Waals surface area contributed by atoms with Gasteiger partial charge >= 0.3 is 5.97 Å². The van der Waals surface area contributed by atoms with Crippen LogP contribution in [0.15, 0.2) is 30.3 Å². The van der Waals surface area contributed by atoms with E-state index < -0.39 is 5.97 Å². The Bertz CT molecular complexity index is 402. The van der Waals surface area contributed by atoms with E-state index in [1.807, 2.05) is 36.0 Å². The van der Waals surface area contributed by atoms with Crippen molar-refractivity contribution in [1.82, 2.24) is 0 Å². The minimum absolute atomic E-state index is 0.694. The van der Waals surface area contributed by atoms with Crippen LogP contribution in [-0.4, -0.2) is 29.2 Å². The molecular weight excluding hydrogens is 248 g/mol. The molecule has 1 N–H and O–H groups in total. The lowest BCUT2D eigenvalue weighted by atomic mass is 10.2. The van der Waals surface area contributed by atoms with Gasteiger partial charge in [-0.3, -0.25) is 0 Å². The summed E-state index contributed by atoms with van der Waals surface area (Å²) in [5, 5.41) is 8.55. The molecule has 4 heteroatoms. The summed E-state index contributed by atoms with van der Waals surface area (Å²) in [5.41, 5.74) is 0.831. The third-order valence-corrected chi connectivity index (χ3v) is 3.17. The fourth-order valence-electron chi connectivity index (χ4n) is 1.37. The molecule has 0 aliphatic carbocycles. The Labute approximate surface area is 112 Å². The molecule has 0 unspecified atom stereocenters. The maximum absolute atomic E-state index is 10.4. The van der Waals surface area contributed by atoms with Crippen LogP contribution in [0.25, 0.3) is 6.08 Å². The van der Waals surface area contributed by atoms with Gasteiger partial charge in [0.1, 0.15) is 5.75 Å². The van der Waals surface area contributed by atoms with Crippen LogP contribution in [-0.2, 0) is 4.79 Å². The molecule has 98 valence electrons. The van der Waals surface area contributed by atoms with Gasteiger partial charge in [-0.05, 0) is 41.7 Å². The first kappa shape index (κ1) is 14.6. The van der Waals surface area contributed by atoms with Crippen molar-refractivity contribution in [2.75, 3.05) is 18.1 Å². The number of rotatable bonds is 8. The van der Waals surface area contributed by atoms with Gasteiger partial charge in [0.25, 0.3) is 0 Å². The Morgan fingerprint density at radius 1 is 1.50 bits per heavy atom. The van der Waals surface area contributed by atoms with Gasteiger partial charge in [-0.25, -0.2) is 4.79 Å². The van der Waals surface area contributed by atoms with Gasteiger partial charge in [-0.15, -0.1) is 0 Å². The lowest BCUT2D eigenvalue weighted by Gasteiger charge is -2.06. The van der Waals surface area contributed by atoms with Crippen molar-refractivity contribution in [2.24, 2.45) is 0 Å². The number of carbonyl (C=O) groups is 1. The van der Waals surface area contributed by atoms with Gasteiger partial charge < -0.3 is 9.84 Å². The molecular formula is C14H18O3S. The second-order valence-corrected chi connectivity index (χ2v) is 5.04. The molecule has 0 bridgehead atoms. The molecule has 0 aliphatic rings. The summed E-state index contributed by atoms with van der Waals surface area (Å²) in [6.45, 7) is 2.84. The van der Waals surface area contributed by atoms with Crippen LogP contribution < -0.4 is 4.74 Å². The summed E-state index contributed by atoms with van der Waals surface area (Å²) < 4.78 is 5.61. The average Bonchev–Trinajstić information content (AvgIpc) is 2.37. The molecule has 3 nitrogen and oxygen atoms in total. The summed E-state index contributed by atoms with van der Waals surface area (Å²) in [4.78, 5) is 10.4. The molecule has 0 spiro atoms. The Morgan fingerprint density at radius 2 is 2.33 bits per heavy atom. The summed E-state index contributed by atoms with van der Waals surface area (Å²) in [6.07, 6.45) is 3.70. The summed E-state index contributed by atoms with van der Waals surface area (Å²) in [5.74, 6) is 2.08. The van der Waals surface area contributed by atoms with E-state index in [-0.39, 0.29) is 0 Å².